The third-order valence-corrected chi connectivity index (χ3v) is 9.37. The molecule has 0 spiro atoms. The molecule has 5 rings (SSSR count). The topological polar surface area (TPSA) is 99.2 Å². The normalized spacial score (nSPS) is 17.8. The number of benzene rings is 4. The van der Waals surface area contributed by atoms with Crippen molar-refractivity contribution in [1.29, 1.82) is 0 Å². The van der Waals surface area contributed by atoms with Crippen LogP contribution < -0.4 is 9.46 Å². The number of sulfonamides is 1. The molecule has 4 aromatic rings. The van der Waals surface area contributed by atoms with Crippen molar-refractivity contribution in [3.05, 3.63) is 114 Å². The van der Waals surface area contributed by atoms with Crippen LogP contribution in [0.1, 0.15) is 29.8 Å². The van der Waals surface area contributed by atoms with Gasteiger partial charge in [-0.1, -0.05) is 79.7 Å². The summed E-state index contributed by atoms with van der Waals surface area (Å²) in [5.74, 6) is 0.0182. The second-order valence-electron chi connectivity index (χ2n) is 11.5. The molecule has 0 saturated heterocycles. The van der Waals surface area contributed by atoms with Gasteiger partial charge in [-0.3, -0.25) is 14.4 Å². The van der Waals surface area contributed by atoms with Crippen LogP contribution in [0.4, 0.5) is 5.69 Å². The first kappa shape index (κ1) is 31.3. The molecule has 4 aromatic carbocycles. The SMILES string of the molecule is C[C@H](CO)N1C[C@H](C)[C@@H](CN(C)Cc2ccc(-c3ccccc3)cc2)Oc2ccc(NS(=O)(=O)c3ccccc3)cc2C1=O. The quantitative estimate of drug-likeness (QED) is 0.245. The van der Waals surface area contributed by atoms with E-state index < -0.39 is 16.1 Å². The number of amides is 1. The number of ether oxygens (including phenoxy) is 1. The highest BCUT2D eigenvalue weighted by Gasteiger charge is 2.33. The first-order valence-corrected chi connectivity index (χ1v) is 16.3. The predicted octanol–water partition coefficient (Wildman–Crippen LogP) is 5.51. The first-order valence-electron chi connectivity index (χ1n) is 14.8. The van der Waals surface area contributed by atoms with Crippen molar-refractivity contribution in [3.8, 4) is 16.9 Å². The van der Waals surface area contributed by atoms with Crippen molar-refractivity contribution in [3.63, 3.8) is 0 Å². The molecule has 8 nitrogen and oxygen atoms in total. The molecule has 1 aliphatic heterocycles. The molecular weight excluding hydrogens is 574 g/mol. The molecule has 0 saturated carbocycles. The molecule has 0 aromatic heterocycles. The minimum absolute atomic E-state index is 0.0414. The third kappa shape index (κ3) is 7.30. The maximum Gasteiger partial charge on any atom is 0.261 e. The lowest BCUT2D eigenvalue weighted by Crippen LogP contribution is -2.49. The summed E-state index contributed by atoms with van der Waals surface area (Å²) in [5, 5.41) is 9.98. The number of rotatable bonds is 10. The Balaban J connectivity index is 1.36. The fourth-order valence-corrected chi connectivity index (χ4v) is 6.50. The molecule has 9 heteroatoms. The van der Waals surface area contributed by atoms with Gasteiger partial charge in [-0.15, -0.1) is 0 Å². The number of carbonyl (C=O) groups excluding carboxylic acids is 1. The van der Waals surface area contributed by atoms with Gasteiger partial charge >= 0.3 is 0 Å². The Morgan fingerprint density at radius 3 is 2.25 bits per heavy atom. The Morgan fingerprint density at radius 1 is 0.955 bits per heavy atom. The summed E-state index contributed by atoms with van der Waals surface area (Å²) in [5.41, 5.74) is 4.01. The summed E-state index contributed by atoms with van der Waals surface area (Å²) in [6.45, 7) is 5.34. The van der Waals surface area contributed by atoms with E-state index in [1.807, 2.05) is 32.2 Å². The summed E-state index contributed by atoms with van der Waals surface area (Å²) in [7, 11) is -1.81. The Hall–Kier alpha value is -4.18. The number of hydrogen-bond donors (Lipinski definition) is 2. The van der Waals surface area contributed by atoms with Gasteiger partial charge in [0.25, 0.3) is 15.9 Å². The lowest BCUT2D eigenvalue weighted by Gasteiger charge is -2.38. The van der Waals surface area contributed by atoms with Crippen LogP contribution in [0.15, 0.2) is 108 Å². The van der Waals surface area contributed by atoms with Crippen molar-refractivity contribution in [2.45, 2.75) is 37.4 Å². The highest BCUT2D eigenvalue weighted by molar-refractivity contribution is 7.92. The summed E-state index contributed by atoms with van der Waals surface area (Å²) in [6.07, 6.45) is -0.268. The number of fused-ring (bicyclic) bond motifs is 1. The van der Waals surface area contributed by atoms with Crippen molar-refractivity contribution < 1.29 is 23.1 Å². The lowest BCUT2D eigenvalue weighted by atomic mass is 9.99. The lowest BCUT2D eigenvalue weighted by molar-refractivity contribution is 0.0341. The average Bonchev–Trinajstić information content (AvgIpc) is 3.03. The highest BCUT2D eigenvalue weighted by atomic mass is 32.2. The largest absolute Gasteiger partial charge is 0.488 e. The van der Waals surface area contributed by atoms with Crippen molar-refractivity contribution in [2.75, 3.05) is 31.5 Å². The third-order valence-electron chi connectivity index (χ3n) is 7.98. The van der Waals surface area contributed by atoms with Gasteiger partial charge in [-0.2, -0.15) is 0 Å². The summed E-state index contributed by atoms with van der Waals surface area (Å²) in [6, 6.07) is 31.2. The van der Waals surface area contributed by atoms with Gasteiger partial charge in [-0.25, -0.2) is 8.42 Å². The van der Waals surface area contributed by atoms with E-state index >= 15 is 0 Å². The second-order valence-corrected chi connectivity index (χ2v) is 13.2. The number of nitrogens with zero attached hydrogens (tertiary/aromatic N) is 2. The highest BCUT2D eigenvalue weighted by Crippen LogP contribution is 2.31. The predicted molar refractivity (Wildman–Crippen MR) is 173 cm³/mol. The van der Waals surface area contributed by atoms with Gasteiger partial charge in [-0.05, 0) is 61.0 Å². The molecule has 0 aliphatic carbocycles. The van der Waals surface area contributed by atoms with Gasteiger partial charge in [0.05, 0.1) is 23.1 Å². The van der Waals surface area contributed by atoms with Crippen LogP contribution in [0, 0.1) is 5.92 Å². The molecule has 0 radical (unpaired) electrons. The standard InChI is InChI=1S/C35H39N3O5S/c1-25-21-38(26(2)24-39)35(40)32-20-30(36-44(41,42)31-12-8-5-9-13-31)18-19-33(32)43-34(25)23-37(3)22-27-14-16-29(17-15-27)28-10-6-4-7-11-28/h4-20,25-26,34,36,39H,21-24H2,1-3H3/t25-,26+,34+/m0/s1. The van der Waals surface area contributed by atoms with E-state index in [9.17, 15) is 18.3 Å². The molecular formula is C35H39N3O5S. The van der Waals surface area contributed by atoms with Gasteiger partial charge in [0.15, 0.2) is 0 Å². The van der Waals surface area contributed by atoms with Crippen LogP contribution in [-0.4, -0.2) is 68.1 Å². The Kier molecular flexibility index (Phi) is 9.68. The Labute approximate surface area is 260 Å². The molecule has 0 bridgehead atoms. The van der Waals surface area contributed by atoms with Gasteiger partial charge in [0.1, 0.15) is 11.9 Å². The molecule has 44 heavy (non-hydrogen) atoms. The van der Waals surface area contributed by atoms with Gasteiger partial charge in [0, 0.05) is 31.2 Å². The molecule has 3 atom stereocenters. The van der Waals surface area contributed by atoms with Crippen molar-refractivity contribution in [1.82, 2.24) is 9.80 Å². The van der Waals surface area contributed by atoms with E-state index in [1.165, 1.54) is 34.9 Å². The summed E-state index contributed by atoms with van der Waals surface area (Å²) in [4.78, 5) is 17.7. The summed E-state index contributed by atoms with van der Waals surface area (Å²) < 4.78 is 35.0. The summed E-state index contributed by atoms with van der Waals surface area (Å²) >= 11 is 0. The molecule has 0 fully saturated rings. The minimum Gasteiger partial charge on any atom is -0.488 e. The molecule has 1 heterocycles. The number of aliphatic hydroxyl groups excluding tert-OH is 1. The number of aliphatic hydroxyl groups is 1. The molecule has 1 aliphatic rings. The van der Waals surface area contributed by atoms with Crippen molar-refractivity contribution in [2.24, 2.45) is 5.92 Å². The van der Waals surface area contributed by atoms with E-state index in [-0.39, 0.29) is 40.7 Å². The van der Waals surface area contributed by atoms with Gasteiger partial charge < -0.3 is 14.7 Å². The van der Waals surface area contributed by atoms with Crippen LogP contribution in [0.25, 0.3) is 11.1 Å². The van der Waals surface area contributed by atoms with Crippen molar-refractivity contribution >= 4 is 21.6 Å². The van der Waals surface area contributed by atoms with Crippen LogP contribution in [0.3, 0.4) is 0 Å². The molecule has 0 unspecified atom stereocenters. The van der Waals surface area contributed by atoms with Crippen LogP contribution in [0.5, 0.6) is 5.75 Å². The molecule has 2 N–H and O–H groups in total. The maximum absolute atomic E-state index is 13.8. The monoisotopic (exact) mass is 613 g/mol. The number of carbonyl (C=O) groups is 1. The average molecular weight is 614 g/mol. The van der Waals surface area contributed by atoms with Gasteiger partial charge in [0.2, 0.25) is 0 Å². The zero-order chi connectivity index (χ0) is 31.3. The zero-order valence-electron chi connectivity index (χ0n) is 25.3. The van der Waals surface area contributed by atoms with Crippen LogP contribution in [0.2, 0.25) is 0 Å². The number of anilines is 1. The Morgan fingerprint density at radius 2 is 1.59 bits per heavy atom. The van der Waals surface area contributed by atoms with E-state index in [1.54, 1.807) is 42.2 Å². The Bertz CT molecular complexity index is 1660. The van der Waals surface area contributed by atoms with E-state index in [4.69, 9.17) is 4.74 Å². The first-order chi connectivity index (χ1) is 21.1. The number of hydrogen-bond acceptors (Lipinski definition) is 6. The van der Waals surface area contributed by atoms with E-state index in [0.29, 0.717) is 25.4 Å². The maximum atomic E-state index is 13.8. The van der Waals surface area contributed by atoms with E-state index in [0.717, 1.165) is 0 Å². The molecule has 230 valence electrons. The number of likely N-dealkylation sites (N-methyl/N-ethyl adjacent to an activating group) is 1. The van der Waals surface area contributed by atoms with Crippen LogP contribution in [-0.2, 0) is 16.6 Å². The fraction of sp³-hybridized carbons (Fsp3) is 0.286. The fourth-order valence-electron chi connectivity index (χ4n) is 5.43. The van der Waals surface area contributed by atoms with E-state index in [2.05, 4.69) is 46.0 Å². The smallest absolute Gasteiger partial charge is 0.261 e. The zero-order valence-corrected chi connectivity index (χ0v) is 26.1. The molecule has 1 amide bonds. The minimum atomic E-state index is -3.85. The van der Waals surface area contributed by atoms with Crippen LogP contribution >= 0.6 is 0 Å². The second kappa shape index (κ2) is 13.6. The number of nitrogens with one attached hydrogen (secondary N) is 1.